The fourth-order valence-corrected chi connectivity index (χ4v) is 0. The van der Waals surface area contributed by atoms with Gasteiger partial charge in [0.25, 0.3) is 0 Å². The van der Waals surface area contributed by atoms with Gasteiger partial charge in [0.2, 0.25) is 0 Å². The van der Waals surface area contributed by atoms with Crippen LogP contribution in [0.1, 0.15) is 0 Å². The zero-order valence-corrected chi connectivity index (χ0v) is 7.37. The molecule has 0 bridgehead atoms. The summed E-state index contributed by atoms with van der Waals surface area (Å²) in [5.74, 6) is 0. The minimum atomic E-state index is -4.26. The van der Waals surface area contributed by atoms with E-state index in [1.54, 1.807) is 0 Å². The van der Waals surface area contributed by atoms with Gasteiger partial charge in [0.05, 0.1) is 0 Å². The summed E-state index contributed by atoms with van der Waals surface area (Å²) in [7, 11) is 0. The standard InChI is InChI=1S/Ce.FIO2/c;1-2(3)4. The van der Waals surface area contributed by atoms with Gasteiger partial charge in [-0.15, -0.1) is 2.86 Å². The van der Waals surface area contributed by atoms with Crippen molar-refractivity contribution in [1.29, 1.82) is 0 Å². The predicted octanol–water partition coefficient (Wildman–Crippen LogP) is 1.07. The van der Waals surface area contributed by atoms with Gasteiger partial charge in [0.1, 0.15) is 0 Å². The van der Waals surface area contributed by atoms with Gasteiger partial charge in [-0.2, -0.15) is 6.14 Å². The Morgan fingerprint density at radius 3 is 1.40 bits per heavy atom. The maximum absolute atomic E-state index is 10.0. The molecule has 5 heavy (non-hydrogen) atoms. The third-order valence-corrected chi connectivity index (χ3v) is 0. The molecule has 0 fully saturated rings. The van der Waals surface area contributed by atoms with Crippen LogP contribution in [-0.4, -0.2) is 0 Å². The summed E-state index contributed by atoms with van der Waals surface area (Å²) < 4.78 is 27.0. The van der Waals surface area contributed by atoms with Crippen LogP contribution in [0.2, 0.25) is 0 Å². The van der Waals surface area contributed by atoms with E-state index in [1.807, 2.05) is 0 Å². The number of halogens is 2. The molecule has 0 saturated carbocycles. The SMILES string of the molecule is O=I(=O)F.[Ce]. The molecule has 5 heteroatoms. The van der Waals surface area contributed by atoms with Crippen molar-refractivity contribution in [2.45, 2.75) is 0 Å². The van der Waals surface area contributed by atoms with E-state index in [2.05, 4.69) is 0 Å². The molecule has 30 valence electrons. The third-order valence-electron chi connectivity index (χ3n) is 0. The van der Waals surface area contributed by atoms with Gasteiger partial charge in [-0.05, 0) is 0 Å². The summed E-state index contributed by atoms with van der Waals surface area (Å²) in [6, 6.07) is 0. The van der Waals surface area contributed by atoms with Gasteiger partial charge in [-0.3, -0.25) is 0 Å². The minimum absolute atomic E-state index is 0. The molecule has 0 aromatic rings. The van der Waals surface area contributed by atoms with E-state index in [9.17, 15) is 2.86 Å². The first-order valence-corrected chi connectivity index (χ1v) is 3.03. The van der Waals surface area contributed by atoms with E-state index in [4.69, 9.17) is 6.14 Å². The van der Waals surface area contributed by atoms with Crippen molar-refractivity contribution in [3.05, 3.63) is 0 Å². The first-order valence-electron chi connectivity index (χ1n) is 0.451. The van der Waals surface area contributed by atoms with Gasteiger partial charge >= 0.3 is 20.4 Å². The number of hydrogen-bond acceptors (Lipinski definition) is 2. The average molecular weight is 318 g/mol. The van der Waals surface area contributed by atoms with Crippen LogP contribution in [-0.2, 0) is 6.14 Å². The molecule has 0 aliphatic heterocycles. The van der Waals surface area contributed by atoms with Crippen LogP contribution >= 0.6 is 20.4 Å². The Kier molecular flexibility index (Phi) is 11.1. The van der Waals surface area contributed by atoms with Crippen molar-refractivity contribution in [1.82, 2.24) is 0 Å². The molecular formula is CeFIO2. The van der Waals surface area contributed by atoms with E-state index >= 15 is 0 Å². The van der Waals surface area contributed by atoms with Crippen LogP contribution in [0.15, 0.2) is 0 Å². The second kappa shape index (κ2) is 5.64. The fraction of sp³-hybridized carbons (Fsp3) is 0. The van der Waals surface area contributed by atoms with Crippen LogP contribution in [0.5, 0.6) is 0 Å². The molecule has 0 aliphatic carbocycles. The molecule has 0 rings (SSSR count). The summed E-state index contributed by atoms with van der Waals surface area (Å²) >= 11 is -4.26. The molecule has 0 unspecified atom stereocenters. The van der Waals surface area contributed by atoms with Crippen LogP contribution in [0.4, 0.5) is 2.86 Å². The van der Waals surface area contributed by atoms with Crippen molar-refractivity contribution < 1.29 is 50.7 Å². The van der Waals surface area contributed by atoms with Gasteiger partial charge in [0.15, 0.2) is 0 Å². The zero-order chi connectivity index (χ0) is 3.58. The van der Waals surface area contributed by atoms with Gasteiger partial charge in [0, 0.05) is 41.7 Å². The molecule has 0 amide bonds. The first-order chi connectivity index (χ1) is 1.73. The summed E-state index contributed by atoms with van der Waals surface area (Å²) in [6.45, 7) is 0. The van der Waals surface area contributed by atoms with Crippen molar-refractivity contribution >= 4 is 20.4 Å². The molecule has 0 heterocycles. The van der Waals surface area contributed by atoms with Crippen LogP contribution in [0.25, 0.3) is 0 Å². The van der Waals surface area contributed by atoms with Gasteiger partial charge in [-0.1, -0.05) is 0 Å². The zero-order valence-electron chi connectivity index (χ0n) is 2.07. The molecule has 0 aromatic heterocycles. The quantitative estimate of drug-likeness (QED) is 0.626. The Balaban J connectivity index is 0. The Morgan fingerprint density at radius 2 is 1.40 bits per heavy atom. The van der Waals surface area contributed by atoms with Crippen molar-refractivity contribution in [2.75, 3.05) is 0 Å². The predicted molar refractivity (Wildman–Crippen MR) is 16.5 cm³/mol. The van der Waals surface area contributed by atoms with E-state index in [0.717, 1.165) is 0 Å². The van der Waals surface area contributed by atoms with Gasteiger partial charge in [-0.25, -0.2) is 0 Å². The summed E-state index contributed by atoms with van der Waals surface area (Å²) in [4.78, 5) is 0. The molecule has 0 spiro atoms. The Bertz CT molecular complexity index is 58.0. The molecule has 0 aliphatic rings. The molecule has 0 aromatic carbocycles. The topological polar surface area (TPSA) is 34.1 Å². The van der Waals surface area contributed by atoms with E-state index < -0.39 is 20.4 Å². The van der Waals surface area contributed by atoms with E-state index in [0.29, 0.717) is 0 Å². The molecule has 0 N–H and O–H groups in total. The maximum atomic E-state index is 10.0. The normalized spacial score (nSPS) is 6.80. The number of rotatable bonds is 0. The van der Waals surface area contributed by atoms with Crippen LogP contribution in [0.3, 0.4) is 0 Å². The van der Waals surface area contributed by atoms with Crippen molar-refractivity contribution in [3.63, 3.8) is 0 Å². The summed E-state index contributed by atoms with van der Waals surface area (Å²) in [5.41, 5.74) is 0. The monoisotopic (exact) mass is 318 g/mol. The van der Waals surface area contributed by atoms with E-state index in [1.165, 1.54) is 0 Å². The Morgan fingerprint density at radius 1 is 1.40 bits per heavy atom. The Labute approximate surface area is 69.8 Å². The summed E-state index contributed by atoms with van der Waals surface area (Å²) in [6.07, 6.45) is 0. The van der Waals surface area contributed by atoms with Crippen molar-refractivity contribution in [2.24, 2.45) is 0 Å². The van der Waals surface area contributed by atoms with Crippen LogP contribution in [0, 0.1) is 41.7 Å². The number of hydrogen-bond donors (Lipinski definition) is 0. The second-order valence-corrected chi connectivity index (χ2v) is 1.21. The smallest absolute Gasteiger partial charge is 0.197 e. The molecule has 2 nitrogen and oxygen atoms in total. The molecule has 0 atom stereocenters. The molecule has 0 radical (unpaired) electrons. The summed E-state index contributed by atoms with van der Waals surface area (Å²) in [5, 5.41) is 0. The van der Waals surface area contributed by atoms with E-state index in [-0.39, 0.29) is 41.7 Å². The largest absolute Gasteiger partial charge is 0.503 e. The Hall–Kier alpha value is 1.64. The molecule has 0 saturated heterocycles. The van der Waals surface area contributed by atoms with Crippen LogP contribution < -0.4 is 0 Å². The first kappa shape index (κ1) is 9.81. The van der Waals surface area contributed by atoms with Crippen molar-refractivity contribution in [3.8, 4) is 0 Å². The van der Waals surface area contributed by atoms with Gasteiger partial charge < -0.3 is 0 Å². The third kappa shape index (κ3) is 27.8. The minimum Gasteiger partial charge on any atom is -0.197 e. The molecular weight excluding hydrogens is 318 g/mol. The second-order valence-electron chi connectivity index (χ2n) is 0.180. The maximum Gasteiger partial charge on any atom is 0.503 e. The average Bonchev–Trinajstić information content (AvgIpc) is 0.811. The fourth-order valence-electron chi connectivity index (χ4n) is 0.